The van der Waals surface area contributed by atoms with Crippen LogP contribution in [0.5, 0.6) is 5.75 Å². The number of likely N-dealkylation sites (tertiary alicyclic amines) is 1. The van der Waals surface area contributed by atoms with Gasteiger partial charge in [-0.15, -0.1) is 12.4 Å². The molecule has 0 radical (unpaired) electrons. The summed E-state index contributed by atoms with van der Waals surface area (Å²) in [5.74, 6) is 1.71. The SMILES string of the molecule is COc1ccc(CN2CC3CC(c4ccc(Cl)cc4)N4CCCC34C2)cc1.Cl. The van der Waals surface area contributed by atoms with Gasteiger partial charge in [0.25, 0.3) is 0 Å². The lowest BCUT2D eigenvalue weighted by Gasteiger charge is -2.35. The summed E-state index contributed by atoms with van der Waals surface area (Å²) < 4.78 is 5.29. The van der Waals surface area contributed by atoms with Crippen molar-refractivity contribution in [3.8, 4) is 5.75 Å². The Morgan fingerprint density at radius 2 is 1.86 bits per heavy atom. The summed E-state index contributed by atoms with van der Waals surface area (Å²) in [5.41, 5.74) is 3.21. The van der Waals surface area contributed by atoms with Gasteiger partial charge in [0.05, 0.1) is 7.11 Å². The molecule has 0 saturated carbocycles. The third-order valence-electron chi connectivity index (χ3n) is 7.02. The van der Waals surface area contributed by atoms with Crippen LogP contribution in [0.3, 0.4) is 0 Å². The fourth-order valence-electron chi connectivity index (χ4n) is 5.86. The fourth-order valence-corrected chi connectivity index (χ4v) is 5.99. The fraction of sp³-hybridized carbons (Fsp3) is 0.478. The van der Waals surface area contributed by atoms with Gasteiger partial charge in [0.1, 0.15) is 5.75 Å². The van der Waals surface area contributed by atoms with Crippen LogP contribution in [0, 0.1) is 5.92 Å². The normalized spacial score (nSPS) is 29.4. The van der Waals surface area contributed by atoms with Crippen molar-refractivity contribution in [3.05, 3.63) is 64.7 Å². The molecule has 3 aliphatic heterocycles. The van der Waals surface area contributed by atoms with Gasteiger partial charge in [-0.2, -0.15) is 0 Å². The van der Waals surface area contributed by atoms with E-state index < -0.39 is 0 Å². The van der Waals surface area contributed by atoms with Gasteiger partial charge in [0.15, 0.2) is 0 Å². The quantitative estimate of drug-likeness (QED) is 0.679. The minimum atomic E-state index is 0. The van der Waals surface area contributed by atoms with E-state index in [1.807, 2.05) is 12.1 Å². The molecule has 3 fully saturated rings. The van der Waals surface area contributed by atoms with Crippen LogP contribution in [0.25, 0.3) is 0 Å². The second kappa shape index (κ2) is 7.87. The number of hydrogen-bond donors (Lipinski definition) is 0. The van der Waals surface area contributed by atoms with E-state index in [4.69, 9.17) is 16.3 Å². The summed E-state index contributed by atoms with van der Waals surface area (Å²) in [7, 11) is 1.72. The molecule has 2 aromatic carbocycles. The molecule has 3 heterocycles. The number of rotatable bonds is 4. The molecular weight excluding hydrogens is 391 g/mol. The van der Waals surface area contributed by atoms with Crippen molar-refractivity contribution in [3.63, 3.8) is 0 Å². The molecule has 1 spiro atoms. The Balaban J connectivity index is 0.00000192. The second-order valence-electron chi connectivity index (χ2n) is 8.42. The van der Waals surface area contributed by atoms with E-state index in [9.17, 15) is 0 Å². The average Bonchev–Trinajstić information content (AvgIpc) is 3.31. The Morgan fingerprint density at radius 1 is 1.11 bits per heavy atom. The van der Waals surface area contributed by atoms with E-state index >= 15 is 0 Å². The van der Waals surface area contributed by atoms with Gasteiger partial charge in [0, 0.05) is 36.2 Å². The van der Waals surface area contributed by atoms with Crippen molar-refractivity contribution in [2.45, 2.75) is 37.4 Å². The molecule has 0 aliphatic carbocycles. The van der Waals surface area contributed by atoms with Gasteiger partial charge in [-0.05, 0) is 67.1 Å². The minimum absolute atomic E-state index is 0. The summed E-state index contributed by atoms with van der Waals surface area (Å²) >= 11 is 6.11. The molecule has 3 unspecified atom stereocenters. The first-order valence-corrected chi connectivity index (χ1v) is 10.4. The molecular formula is C23H28Cl2N2O. The Bertz CT molecular complexity index is 810. The zero-order chi connectivity index (χ0) is 18.4. The predicted molar refractivity (Wildman–Crippen MR) is 116 cm³/mol. The Morgan fingerprint density at radius 3 is 2.57 bits per heavy atom. The topological polar surface area (TPSA) is 15.7 Å². The highest BCUT2D eigenvalue weighted by atomic mass is 35.5. The highest BCUT2D eigenvalue weighted by Gasteiger charge is 2.59. The predicted octanol–water partition coefficient (Wildman–Crippen LogP) is 5.18. The Labute approximate surface area is 179 Å². The third kappa shape index (κ3) is 3.33. The van der Waals surface area contributed by atoms with Gasteiger partial charge < -0.3 is 4.74 Å². The van der Waals surface area contributed by atoms with Crippen LogP contribution in [0.2, 0.25) is 5.02 Å². The first-order chi connectivity index (χ1) is 13.2. The highest BCUT2D eigenvalue weighted by Crippen LogP contribution is 2.55. The zero-order valence-electron chi connectivity index (χ0n) is 16.3. The van der Waals surface area contributed by atoms with Crippen LogP contribution in [0.15, 0.2) is 48.5 Å². The third-order valence-corrected chi connectivity index (χ3v) is 7.27. The van der Waals surface area contributed by atoms with Crippen molar-refractivity contribution in [2.75, 3.05) is 26.7 Å². The molecule has 5 rings (SSSR count). The maximum Gasteiger partial charge on any atom is 0.118 e. The van der Waals surface area contributed by atoms with E-state index in [0.717, 1.165) is 23.2 Å². The molecule has 3 saturated heterocycles. The molecule has 150 valence electrons. The van der Waals surface area contributed by atoms with Crippen LogP contribution in [0.4, 0.5) is 0 Å². The molecule has 0 aromatic heterocycles. The van der Waals surface area contributed by atoms with Crippen molar-refractivity contribution >= 4 is 24.0 Å². The first-order valence-electron chi connectivity index (χ1n) is 10.1. The first kappa shape index (κ1) is 20.0. The molecule has 0 N–H and O–H groups in total. The smallest absolute Gasteiger partial charge is 0.118 e. The summed E-state index contributed by atoms with van der Waals surface area (Å²) in [6, 6.07) is 17.7. The number of halogens is 2. The molecule has 0 amide bonds. The number of nitrogens with zero attached hydrogens (tertiary/aromatic N) is 2. The molecule has 28 heavy (non-hydrogen) atoms. The summed E-state index contributed by atoms with van der Waals surface area (Å²) in [6.07, 6.45) is 3.96. The highest BCUT2D eigenvalue weighted by molar-refractivity contribution is 6.30. The van der Waals surface area contributed by atoms with Crippen LogP contribution >= 0.6 is 24.0 Å². The van der Waals surface area contributed by atoms with Crippen molar-refractivity contribution in [2.24, 2.45) is 5.92 Å². The van der Waals surface area contributed by atoms with Gasteiger partial charge in [-0.1, -0.05) is 35.9 Å². The minimum Gasteiger partial charge on any atom is -0.497 e. The number of ether oxygens (including phenoxy) is 1. The van der Waals surface area contributed by atoms with Crippen LogP contribution < -0.4 is 4.74 Å². The van der Waals surface area contributed by atoms with Gasteiger partial charge in [-0.3, -0.25) is 9.80 Å². The van der Waals surface area contributed by atoms with Gasteiger partial charge in [0.2, 0.25) is 0 Å². The molecule has 5 heteroatoms. The van der Waals surface area contributed by atoms with Crippen LogP contribution in [0.1, 0.15) is 36.4 Å². The lowest BCUT2D eigenvalue weighted by Crippen LogP contribution is -2.45. The largest absolute Gasteiger partial charge is 0.497 e. The van der Waals surface area contributed by atoms with Crippen molar-refractivity contribution in [1.29, 1.82) is 0 Å². The number of hydrogen-bond acceptors (Lipinski definition) is 3. The lowest BCUT2D eigenvalue weighted by molar-refractivity contribution is 0.131. The lowest BCUT2D eigenvalue weighted by atomic mass is 9.86. The van der Waals surface area contributed by atoms with Crippen molar-refractivity contribution < 1.29 is 4.74 Å². The second-order valence-corrected chi connectivity index (χ2v) is 8.85. The van der Waals surface area contributed by atoms with E-state index in [2.05, 4.69) is 46.2 Å². The van der Waals surface area contributed by atoms with E-state index in [1.54, 1.807) is 7.11 Å². The zero-order valence-corrected chi connectivity index (χ0v) is 17.9. The Kier molecular flexibility index (Phi) is 5.63. The van der Waals surface area contributed by atoms with Gasteiger partial charge >= 0.3 is 0 Å². The van der Waals surface area contributed by atoms with Crippen molar-refractivity contribution in [1.82, 2.24) is 9.80 Å². The molecule has 3 atom stereocenters. The van der Waals surface area contributed by atoms with E-state index in [-0.39, 0.29) is 12.4 Å². The Hall–Kier alpha value is -1.26. The average molecular weight is 419 g/mol. The van der Waals surface area contributed by atoms with E-state index in [1.165, 1.54) is 50.0 Å². The summed E-state index contributed by atoms with van der Waals surface area (Å²) in [6.45, 7) is 4.70. The summed E-state index contributed by atoms with van der Waals surface area (Å²) in [4.78, 5) is 5.50. The standard InChI is InChI=1S/C23H27ClN2O.ClH/c1-27-21-9-3-17(4-10-21)14-25-15-19-13-22(18-5-7-20(24)8-6-18)26-12-2-11-23(19,26)16-25;/h3-10,19,22H,2,11-16H2,1H3;1H. The molecule has 2 aromatic rings. The number of benzene rings is 2. The molecule has 3 nitrogen and oxygen atoms in total. The number of methoxy groups -OCH3 is 1. The van der Waals surface area contributed by atoms with Crippen LogP contribution in [-0.2, 0) is 6.54 Å². The monoisotopic (exact) mass is 418 g/mol. The van der Waals surface area contributed by atoms with Crippen LogP contribution in [-0.4, -0.2) is 42.1 Å². The maximum atomic E-state index is 6.11. The maximum absolute atomic E-state index is 6.11. The van der Waals surface area contributed by atoms with E-state index in [0.29, 0.717) is 11.6 Å². The molecule has 0 bridgehead atoms. The molecule has 3 aliphatic rings. The summed E-state index contributed by atoms with van der Waals surface area (Å²) in [5, 5.41) is 0.832. The van der Waals surface area contributed by atoms with Gasteiger partial charge in [-0.25, -0.2) is 0 Å².